The second-order valence-corrected chi connectivity index (χ2v) is 23.9. The Hall–Kier alpha value is -7.75. The molecule has 83 heavy (non-hydrogen) atoms. The first-order chi connectivity index (χ1) is 39.3. The van der Waals surface area contributed by atoms with Gasteiger partial charge in [-0.1, -0.05) is 64.1 Å². The Bertz CT molecular complexity index is 3120. The van der Waals surface area contributed by atoms with E-state index in [1.165, 1.54) is 17.5 Å². The number of rotatable bonds is 28. The number of nitrogens with one attached hydrogen (secondary N) is 5. The van der Waals surface area contributed by atoms with Gasteiger partial charge in [-0.15, -0.1) is 5.06 Å². The van der Waals surface area contributed by atoms with Crippen molar-refractivity contribution in [1.82, 2.24) is 35.5 Å². The lowest BCUT2D eigenvalue weighted by atomic mass is 9.87. The molecule has 26 nitrogen and oxygen atoms in total. The lowest BCUT2D eigenvalue weighted by molar-refractivity contribution is -0.198. The zero-order chi connectivity index (χ0) is 60.2. The molecule has 1 saturated heterocycles. The predicted molar refractivity (Wildman–Crippen MR) is 300 cm³/mol. The van der Waals surface area contributed by atoms with E-state index in [4.69, 9.17) is 34.1 Å². The molecule has 7 amide bonds. The predicted octanol–water partition coefficient (Wildman–Crippen LogP) is 5.04. The van der Waals surface area contributed by atoms with Crippen LogP contribution < -0.4 is 37.5 Å². The van der Waals surface area contributed by atoms with Crippen LogP contribution in [0.2, 0.25) is 0 Å². The van der Waals surface area contributed by atoms with E-state index in [0.29, 0.717) is 34.2 Å². The van der Waals surface area contributed by atoms with Crippen molar-refractivity contribution < 1.29 is 70.0 Å². The Kier molecular flexibility index (Phi) is 20.9. The molecule has 3 heterocycles. The number of hydrogen-bond donors (Lipinski definition) is 7. The van der Waals surface area contributed by atoms with E-state index in [1.54, 1.807) is 65.8 Å². The summed E-state index contributed by atoms with van der Waals surface area (Å²) >= 11 is 0. The molecule has 2 aromatic carbocycles. The molecule has 1 saturated carbocycles. The van der Waals surface area contributed by atoms with Gasteiger partial charge in [0.05, 0.1) is 30.1 Å². The fourth-order valence-corrected chi connectivity index (χ4v) is 10.5. The van der Waals surface area contributed by atoms with E-state index in [-0.39, 0.29) is 89.8 Å². The number of anilines is 2. The fourth-order valence-electron chi connectivity index (χ4n) is 10.1. The van der Waals surface area contributed by atoms with Gasteiger partial charge in [-0.3, -0.25) is 28.2 Å². The van der Waals surface area contributed by atoms with Crippen LogP contribution in [0, 0.1) is 17.3 Å². The highest BCUT2D eigenvalue weighted by Crippen LogP contribution is 2.41. The van der Waals surface area contributed by atoms with Gasteiger partial charge in [0.15, 0.2) is 0 Å². The van der Waals surface area contributed by atoms with Crippen LogP contribution in [0.4, 0.5) is 21.1 Å². The van der Waals surface area contributed by atoms with Gasteiger partial charge in [0, 0.05) is 61.7 Å². The molecule has 2 aromatic heterocycles. The zero-order valence-corrected chi connectivity index (χ0v) is 48.3. The zero-order valence-electron chi connectivity index (χ0n) is 47.5. The van der Waals surface area contributed by atoms with E-state index in [0.717, 1.165) is 18.2 Å². The van der Waals surface area contributed by atoms with Crippen molar-refractivity contribution in [2.45, 2.75) is 155 Å². The lowest BCUT2D eigenvalue weighted by Crippen LogP contribution is -2.56. The van der Waals surface area contributed by atoms with Crippen LogP contribution in [0.15, 0.2) is 67.1 Å². The highest BCUT2D eigenvalue weighted by molar-refractivity contribution is 7.84. The molecule has 9 N–H and O–H groups in total. The summed E-state index contributed by atoms with van der Waals surface area (Å²) in [6.45, 7) is 9.97. The van der Waals surface area contributed by atoms with Crippen molar-refractivity contribution in [3.63, 3.8) is 0 Å². The Labute approximate surface area is 481 Å². The monoisotopic (exact) mass is 1170 g/mol. The topological polar surface area (TPSA) is 363 Å². The van der Waals surface area contributed by atoms with Crippen molar-refractivity contribution in [3.05, 3.63) is 83.8 Å². The molecule has 3 aliphatic rings. The molecule has 0 radical (unpaired) electrons. The first kappa shape index (κ1) is 62.8. The molecular weight excluding hydrogens is 1100 g/mol. The van der Waals surface area contributed by atoms with Crippen LogP contribution in [-0.4, -0.2) is 119 Å². The molecule has 450 valence electrons. The van der Waals surface area contributed by atoms with E-state index < -0.39 is 99.0 Å². The number of hydroxylamine groups is 2. The van der Waals surface area contributed by atoms with Crippen LogP contribution >= 0.6 is 0 Å². The average molecular weight is 1170 g/mol. The van der Waals surface area contributed by atoms with Gasteiger partial charge in [-0.25, -0.2) is 29.5 Å². The molecule has 1 unspecified atom stereocenters. The third kappa shape index (κ3) is 17.6. The molecule has 27 heteroatoms. The average Bonchev–Trinajstić information content (AvgIpc) is 4.36. The second kappa shape index (κ2) is 27.6. The third-order valence-electron chi connectivity index (χ3n) is 15.0. The summed E-state index contributed by atoms with van der Waals surface area (Å²) in [5.41, 5.74) is 7.36. The minimum Gasteiger partial charge on any atom is -0.430 e. The maximum atomic E-state index is 14.0. The number of hydrogen-bond acceptors (Lipinski definition) is 18. The number of benzene rings is 2. The summed E-state index contributed by atoms with van der Waals surface area (Å²) in [5.74, 6) is -3.96. The highest BCUT2D eigenvalue weighted by atomic mass is 32.2. The molecule has 6 atom stereocenters. The first-order valence-electron chi connectivity index (χ1n) is 27.7. The number of ether oxygens (including phenoxy) is 3. The molecule has 1 aliphatic heterocycles. The number of urea groups is 1. The third-order valence-corrected chi connectivity index (χ3v) is 15.5. The Morgan fingerprint density at radius 3 is 2.30 bits per heavy atom. The maximum Gasteiger partial charge on any atom is 0.508 e. The van der Waals surface area contributed by atoms with Gasteiger partial charge >= 0.3 is 28.5 Å². The Morgan fingerprint density at radius 1 is 0.880 bits per heavy atom. The molecule has 4 aromatic rings. The van der Waals surface area contributed by atoms with Gasteiger partial charge in [0.2, 0.25) is 17.7 Å². The van der Waals surface area contributed by atoms with Gasteiger partial charge in [0.1, 0.15) is 42.6 Å². The maximum absolute atomic E-state index is 14.0. The lowest BCUT2D eigenvalue weighted by Gasteiger charge is -2.31. The van der Waals surface area contributed by atoms with Crippen molar-refractivity contribution in [3.8, 4) is 0 Å². The van der Waals surface area contributed by atoms with Crippen LogP contribution in [0.25, 0.3) is 11.0 Å². The summed E-state index contributed by atoms with van der Waals surface area (Å²) in [7, 11) is -4.32. The molecular formula is C56H75N11O15S. The van der Waals surface area contributed by atoms with E-state index in [2.05, 4.69) is 48.7 Å². The van der Waals surface area contributed by atoms with E-state index >= 15 is 0 Å². The number of fused-ring (bicyclic) bond motifs is 2. The van der Waals surface area contributed by atoms with E-state index in [1.807, 2.05) is 29.0 Å². The molecule has 7 rings (SSSR count). The van der Waals surface area contributed by atoms with Gasteiger partial charge in [-0.05, 0) is 99.6 Å². The molecule has 2 aliphatic carbocycles. The number of nitrogens with two attached hydrogens (primary N) is 2. The summed E-state index contributed by atoms with van der Waals surface area (Å²) < 4.78 is 48.0. The highest BCUT2D eigenvalue weighted by Gasteiger charge is 2.41. The number of nitrogens with zero attached hydrogens (tertiary/aromatic N) is 4. The number of carbonyl (C=O) groups excluding carboxylic acids is 8. The normalized spacial score (nSPS) is 18.8. The Balaban J connectivity index is 0.908. The van der Waals surface area contributed by atoms with Crippen molar-refractivity contribution in [2.75, 3.05) is 30.4 Å². The Morgan fingerprint density at radius 2 is 1.60 bits per heavy atom. The molecule has 0 bridgehead atoms. The minimum absolute atomic E-state index is 0.0209. The molecule has 2 fully saturated rings. The second-order valence-electron chi connectivity index (χ2n) is 22.6. The fraction of sp³-hybridized carbons (Fsp3) is 0.536. The van der Waals surface area contributed by atoms with Crippen molar-refractivity contribution in [2.24, 2.45) is 28.1 Å². The number of aromatic nitrogens is 3. The van der Waals surface area contributed by atoms with Crippen LogP contribution in [0.5, 0.6) is 0 Å². The molecule has 0 spiro atoms. The van der Waals surface area contributed by atoms with Crippen LogP contribution in [-0.2, 0) is 75.3 Å². The largest absolute Gasteiger partial charge is 0.508 e. The number of carbonyl (C=O) groups is 8. The van der Waals surface area contributed by atoms with Gasteiger partial charge < -0.3 is 55.9 Å². The van der Waals surface area contributed by atoms with Gasteiger partial charge in [-0.2, -0.15) is 8.42 Å². The summed E-state index contributed by atoms with van der Waals surface area (Å²) in [6, 6.07) is 13.4. The van der Waals surface area contributed by atoms with Gasteiger partial charge in [0.25, 0.3) is 11.8 Å². The van der Waals surface area contributed by atoms with E-state index in [9.17, 15) is 46.8 Å². The smallest absolute Gasteiger partial charge is 0.430 e. The first-order valence-corrected chi connectivity index (χ1v) is 29.1. The van der Waals surface area contributed by atoms with Crippen LogP contribution in [0.3, 0.4) is 0 Å². The quantitative estimate of drug-likeness (QED) is 0.0222. The standard InChI is InChI=1S/C56H75N11O15S/c1-33(2)47(65-52(73)55(3,4)24-27-79-56(5,6)23-21-46(70)82-67-44(68)19-20-45(67)69)51(72)64-42(12-9-25-59-53(57)74)50(71)62-37-16-13-34(14-17-37)30-78-54(75)81-43-29-38(28-36(43)31-80-83(58,76)77)66-26-22-40-48(60-32-61-49(40)66)63-41-18-15-35-10-7-8-11-39(35)41/h7-8,10-11,13-14,16-17,22,26,32-33,36,38,41-43,47H,9,12,15,18-21,23-25,27-31H2,1-6H3,(H,62,71)(H,64,72)(H,65,73)(H3,57,59,74)(H2,58,76,77)(H,60,61,63)/t36-,38+,41-,42+,43-,47?/m0/s1. The number of amides is 7. The number of primary amides is 1. The van der Waals surface area contributed by atoms with Crippen molar-refractivity contribution in [1.29, 1.82) is 0 Å². The minimum atomic E-state index is -4.32. The number of imide groups is 1. The summed E-state index contributed by atoms with van der Waals surface area (Å²) in [4.78, 5) is 116. The van der Waals surface area contributed by atoms with Crippen LogP contribution in [0.1, 0.15) is 135 Å². The summed E-state index contributed by atoms with van der Waals surface area (Å²) in [6.07, 6.45) is 4.56. The number of aryl methyl sites for hydroxylation is 1. The van der Waals surface area contributed by atoms with Crippen molar-refractivity contribution >= 4 is 80.5 Å². The SMILES string of the molecule is CC(C)C(NC(=O)C(C)(C)CCOC(C)(C)CCC(=O)ON1C(=O)CCC1=O)C(=O)N[C@H](CCCNC(N)=O)C(=O)Nc1ccc(COC(=O)O[C@H]2C[C@H](n3ccc4c(N[C@H]5CCc6ccccc65)ncnc43)C[C@H]2COS(N)(=O)=O)cc1. The summed E-state index contributed by atoms with van der Waals surface area (Å²) in [5, 5.41) is 20.9.